The zero-order chi connectivity index (χ0) is 15.1. The molecule has 0 fully saturated rings. The topological polar surface area (TPSA) is 35.5 Å². The van der Waals surface area contributed by atoms with Gasteiger partial charge in [0, 0.05) is 0 Å². The van der Waals surface area contributed by atoms with Crippen LogP contribution in [0.1, 0.15) is 21.5 Å². The van der Waals surface area contributed by atoms with Gasteiger partial charge in [0.05, 0.1) is 5.56 Å². The first-order chi connectivity index (χ1) is 10.2. The van der Waals surface area contributed by atoms with Crippen LogP contribution < -0.4 is 4.74 Å². The van der Waals surface area contributed by atoms with Gasteiger partial charge in [-0.25, -0.2) is 4.79 Å². The Hall–Kier alpha value is -2.55. The monoisotopic (exact) mass is 282 g/mol. The first-order valence-electron chi connectivity index (χ1n) is 6.76. The number of hydrogen-bond acceptors (Lipinski definition) is 3. The lowest BCUT2D eigenvalue weighted by molar-refractivity contribution is 0.0549. The molecule has 0 bridgehead atoms. The van der Waals surface area contributed by atoms with Crippen molar-refractivity contribution in [3.63, 3.8) is 0 Å². The molecule has 21 heavy (non-hydrogen) atoms. The van der Waals surface area contributed by atoms with Crippen molar-refractivity contribution in [2.45, 2.75) is 13.5 Å². The second-order valence-corrected chi connectivity index (χ2v) is 4.63. The number of aryl methyl sites for hydroxylation is 1. The molecule has 0 saturated carbocycles. The van der Waals surface area contributed by atoms with Gasteiger partial charge in [0.1, 0.15) is 19.0 Å². The van der Waals surface area contributed by atoms with Crippen molar-refractivity contribution in [2.75, 3.05) is 6.61 Å². The van der Waals surface area contributed by atoms with E-state index >= 15 is 0 Å². The van der Waals surface area contributed by atoms with Crippen LogP contribution >= 0.6 is 0 Å². The molecular weight excluding hydrogens is 264 g/mol. The van der Waals surface area contributed by atoms with Gasteiger partial charge in [-0.05, 0) is 36.2 Å². The van der Waals surface area contributed by atoms with Gasteiger partial charge in [-0.15, -0.1) is 0 Å². The van der Waals surface area contributed by atoms with E-state index < -0.39 is 0 Å². The normalized spacial score (nSPS) is 9.95. The lowest BCUT2D eigenvalue weighted by atomic mass is 10.1. The summed E-state index contributed by atoms with van der Waals surface area (Å²) in [5.41, 5.74) is 2.77. The van der Waals surface area contributed by atoms with Crippen LogP contribution in [0.3, 0.4) is 0 Å². The average molecular weight is 282 g/mol. The van der Waals surface area contributed by atoms with Crippen molar-refractivity contribution in [2.24, 2.45) is 0 Å². The maximum absolute atomic E-state index is 11.8. The van der Waals surface area contributed by atoms with Gasteiger partial charge < -0.3 is 9.47 Å². The molecule has 0 heterocycles. The quantitative estimate of drug-likeness (QED) is 0.595. The highest BCUT2D eigenvalue weighted by Gasteiger charge is 2.07. The SMILES string of the molecule is C=CCOC(=O)c1cccc(OCc2ccccc2C)c1. The Balaban J connectivity index is 2.03. The van der Waals surface area contributed by atoms with Gasteiger partial charge in [0.25, 0.3) is 0 Å². The molecule has 2 rings (SSSR count). The molecule has 0 saturated heterocycles. The van der Waals surface area contributed by atoms with Crippen LogP contribution in [0.2, 0.25) is 0 Å². The lowest BCUT2D eigenvalue weighted by Gasteiger charge is -2.09. The van der Waals surface area contributed by atoms with Crippen molar-refractivity contribution in [1.29, 1.82) is 0 Å². The van der Waals surface area contributed by atoms with Crippen molar-refractivity contribution < 1.29 is 14.3 Å². The van der Waals surface area contributed by atoms with Crippen LogP contribution in [-0.2, 0) is 11.3 Å². The summed E-state index contributed by atoms with van der Waals surface area (Å²) < 4.78 is 10.7. The van der Waals surface area contributed by atoms with E-state index in [0.717, 1.165) is 5.56 Å². The second-order valence-electron chi connectivity index (χ2n) is 4.63. The van der Waals surface area contributed by atoms with E-state index in [1.807, 2.05) is 37.3 Å². The molecule has 3 heteroatoms. The minimum absolute atomic E-state index is 0.202. The van der Waals surface area contributed by atoms with Gasteiger partial charge in [-0.1, -0.05) is 43.0 Å². The highest BCUT2D eigenvalue weighted by atomic mass is 16.5. The summed E-state index contributed by atoms with van der Waals surface area (Å²) in [6.07, 6.45) is 1.54. The largest absolute Gasteiger partial charge is 0.489 e. The third-order valence-electron chi connectivity index (χ3n) is 3.06. The van der Waals surface area contributed by atoms with Crippen LogP contribution in [-0.4, -0.2) is 12.6 Å². The zero-order valence-corrected chi connectivity index (χ0v) is 12.0. The van der Waals surface area contributed by atoms with Crippen molar-refractivity contribution in [1.82, 2.24) is 0 Å². The lowest BCUT2D eigenvalue weighted by Crippen LogP contribution is -2.05. The Morgan fingerprint density at radius 2 is 2.00 bits per heavy atom. The van der Waals surface area contributed by atoms with Crippen LogP contribution in [0.4, 0.5) is 0 Å². The molecular formula is C18H18O3. The molecule has 0 spiro atoms. The molecule has 0 unspecified atom stereocenters. The van der Waals surface area contributed by atoms with E-state index in [4.69, 9.17) is 9.47 Å². The summed E-state index contributed by atoms with van der Waals surface area (Å²) in [5, 5.41) is 0. The van der Waals surface area contributed by atoms with Gasteiger partial charge in [0.2, 0.25) is 0 Å². The summed E-state index contributed by atoms with van der Waals surface area (Å²) in [6, 6.07) is 15.0. The Labute approximate surface area is 124 Å². The van der Waals surface area contributed by atoms with E-state index in [0.29, 0.717) is 17.9 Å². The molecule has 0 aliphatic heterocycles. The van der Waals surface area contributed by atoms with E-state index in [9.17, 15) is 4.79 Å². The van der Waals surface area contributed by atoms with Crippen LogP contribution in [0.5, 0.6) is 5.75 Å². The Morgan fingerprint density at radius 1 is 1.19 bits per heavy atom. The molecule has 0 N–H and O–H groups in total. The van der Waals surface area contributed by atoms with Crippen molar-refractivity contribution in [3.05, 3.63) is 77.9 Å². The van der Waals surface area contributed by atoms with Crippen molar-refractivity contribution >= 4 is 5.97 Å². The number of carbonyl (C=O) groups is 1. The van der Waals surface area contributed by atoms with Crippen molar-refractivity contribution in [3.8, 4) is 5.75 Å². The summed E-state index contributed by atoms with van der Waals surface area (Å²) in [5.74, 6) is 0.266. The molecule has 3 nitrogen and oxygen atoms in total. The van der Waals surface area contributed by atoms with E-state index in [2.05, 4.69) is 6.58 Å². The number of ether oxygens (including phenoxy) is 2. The fourth-order valence-electron chi connectivity index (χ4n) is 1.86. The highest BCUT2D eigenvalue weighted by molar-refractivity contribution is 5.89. The van der Waals surface area contributed by atoms with Gasteiger partial charge in [0.15, 0.2) is 0 Å². The molecule has 2 aromatic carbocycles. The third-order valence-corrected chi connectivity index (χ3v) is 3.06. The molecule has 0 aliphatic rings. The molecule has 108 valence electrons. The minimum Gasteiger partial charge on any atom is -0.489 e. The number of hydrogen-bond donors (Lipinski definition) is 0. The summed E-state index contributed by atoms with van der Waals surface area (Å²) >= 11 is 0. The average Bonchev–Trinajstić information content (AvgIpc) is 2.52. The van der Waals surface area contributed by atoms with Gasteiger partial charge in [-0.2, -0.15) is 0 Å². The van der Waals surface area contributed by atoms with Gasteiger partial charge >= 0.3 is 5.97 Å². The zero-order valence-electron chi connectivity index (χ0n) is 12.0. The molecule has 0 amide bonds. The second kappa shape index (κ2) is 7.29. The molecule has 0 aromatic heterocycles. The fourth-order valence-corrected chi connectivity index (χ4v) is 1.86. The van der Waals surface area contributed by atoms with Crippen LogP contribution in [0.15, 0.2) is 61.2 Å². The number of carbonyl (C=O) groups excluding carboxylic acids is 1. The predicted octanol–water partition coefficient (Wildman–Crippen LogP) is 3.92. The van der Waals surface area contributed by atoms with E-state index in [1.54, 1.807) is 18.2 Å². The van der Waals surface area contributed by atoms with E-state index in [1.165, 1.54) is 11.6 Å². The first-order valence-corrected chi connectivity index (χ1v) is 6.76. The third kappa shape index (κ3) is 4.21. The molecule has 0 radical (unpaired) electrons. The smallest absolute Gasteiger partial charge is 0.338 e. The Morgan fingerprint density at radius 3 is 2.76 bits per heavy atom. The minimum atomic E-state index is -0.378. The molecule has 0 atom stereocenters. The standard InChI is InChI=1S/C18H18O3/c1-3-11-20-18(19)15-9-6-10-17(12-15)21-13-16-8-5-4-7-14(16)2/h3-10,12H,1,11,13H2,2H3. The highest BCUT2D eigenvalue weighted by Crippen LogP contribution is 2.17. The van der Waals surface area contributed by atoms with Crippen LogP contribution in [0, 0.1) is 6.92 Å². The van der Waals surface area contributed by atoms with Gasteiger partial charge in [-0.3, -0.25) is 0 Å². The first kappa shape index (κ1) is 14.9. The number of rotatable bonds is 6. The van der Waals surface area contributed by atoms with E-state index in [-0.39, 0.29) is 12.6 Å². The number of benzene rings is 2. The Kier molecular flexibility index (Phi) is 5.16. The summed E-state index contributed by atoms with van der Waals surface area (Å²) in [6.45, 7) is 6.23. The maximum atomic E-state index is 11.8. The summed E-state index contributed by atoms with van der Waals surface area (Å²) in [7, 11) is 0. The fraction of sp³-hybridized carbons (Fsp3) is 0.167. The molecule has 0 aliphatic carbocycles. The predicted molar refractivity (Wildman–Crippen MR) is 82.4 cm³/mol. The Bertz CT molecular complexity index is 632. The maximum Gasteiger partial charge on any atom is 0.338 e. The molecule has 2 aromatic rings. The van der Waals surface area contributed by atoms with Crippen LogP contribution in [0.25, 0.3) is 0 Å². The summed E-state index contributed by atoms with van der Waals surface area (Å²) in [4.78, 5) is 11.8. The number of esters is 1.